The molecular formula is C22H21Cl2N3O4. The van der Waals surface area contributed by atoms with Gasteiger partial charge in [0.2, 0.25) is 5.79 Å². The molecule has 0 bridgehead atoms. The zero-order valence-corrected chi connectivity index (χ0v) is 18.1. The Morgan fingerprint density at radius 3 is 2.71 bits per heavy atom. The Labute approximate surface area is 190 Å². The van der Waals surface area contributed by atoms with Crippen LogP contribution in [0.15, 0.2) is 67.8 Å². The lowest BCUT2D eigenvalue weighted by molar-refractivity contribution is -0.190. The molecule has 1 saturated heterocycles. The van der Waals surface area contributed by atoms with Crippen LogP contribution in [0.2, 0.25) is 10.0 Å². The van der Waals surface area contributed by atoms with Crippen molar-refractivity contribution in [2.75, 3.05) is 19.8 Å². The monoisotopic (exact) mass is 461 g/mol. The predicted octanol–water partition coefficient (Wildman–Crippen LogP) is 4.50. The number of ether oxygens (including phenoxy) is 4. The van der Waals surface area contributed by atoms with Gasteiger partial charge in [-0.1, -0.05) is 54.1 Å². The molecule has 1 aromatic heterocycles. The molecule has 31 heavy (non-hydrogen) atoms. The zero-order chi connectivity index (χ0) is 21.7. The van der Waals surface area contributed by atoms with Crippen LogP contribution in [0.3, 0.4) is 0 Å². The van der Waals surface area contributed by atoms with E-state index in [0.29, 0.717) is 40.3 Å². The summed E-state index contributed by atoms with van der Waals surface area (Å²) in [5, 5.41) is 5.15. The van der Waals surface area contributed by atoms with Crippen LogP contribution in [-0.4, -0.2) is 40.7 Å². The van der Waals surface area contributed by atoms with Gasteiger partial charge in [0.05, 0.1) is 11.6 Å². The van der Waals surface area contributed by atoms with Crippen LogP contribution in [0.1, 0.15) is 5.56 Å². The maximum Gasteiger partial charge on any atom is 0.217 e. The van der Waals surface area contributed by atoms with Gasteiger partial charge in [-0.3, -0.25) is 0 Å². The van der Waals surface area contributed by atoms with Crippen molar-refractivity contribution in [3.8, 4) is 11.5 Å². The minimum absolute atomic E-state index is 0.263. The molecule has 1 aliphatic rings. The molecule has 0 amide bonds. The van der Waals surface area contributed by atoms with Crippen LogP contribution >= 0.6 is 23.2 Å². The first-order valence-electron chi connectivity index (χ1n) is 9.65. The molecule has 1 aliphatic heterocycles. The molecule has 0 saturated carbocycles. The average Bonchev–Trinajstić information content (AvgIpc) is 3.42. The smallest absolute Gasteiger partial charge is 0.217 e. The molecule has 162 valence electrons. The minimum atomic E-state index is -1.15. The Morgan fingerprint density at radius 1 is 1.19 bits per heavy atom. The number of hydrogen-bond donors (Lipinski definition) is 0. The van der Waals surface area contributed by atoms with Crippen molar-refractivity contribution in [3.05, 3.63) is 83.4 Å². The molecule has 1 fully saturated rings. The van der Waals surface area contributed by atoms with E-state index in [1.807, 2.05) is 24.3 Å². The van der Waals surface area contributed by atoms with E-state index in [2.05, 4.69) is 16.7 Å². The maximum atomic E-state index is 6.48. The third-order valence-electron chi connectivity index (χ3n) is 4.67. The molecule has 2 atom stereocenters. The van der Waals surface area contributed by atoms with Gasteiger partial charge in [-0.2, -0.15) is 5.10 Å². The Morgan fingerprint density at radius 2 is 2.00 bits per heavy atom. The third kappa shape index (κ3) is 5.02. The van der Waals surface area contributed by atoms with Crippen LogP contribution < -0.4 is 9.47 Å². The van der Waals surface area contributed by atoms with Gasteiger partial charge in [0, 0.05) is 10.6 Å². The largest absolute Gasteiger partial charge is 0.487 e. The van der Waals surface area contributed by atoms with Crippen molar-refractivity contribution in [2.24, 2.45) is 0 Å². The lowest BCUT2D eigenvalue weighted by Gasteiger charge is -2.29. The standard InChI is InChI=1S/C22H21Cl2N3O4/c1-2-9-28-20-5-3-4-6-21(20)29-11-17-12-30-22(31-17,13-27-15-25-14-26-27)18-8-7-16(23)10-19(18)24/h2-8,10,14-15,17H,1,9,11-13H2/t17-,22-/m0/s1. The average molecular weight is 462 g/mol. The number of halogens is 2. The van der Waals surface area contributed by atoms with E-state index >= 15 is 0 Å². The summed E-state index contributed by atoms with van der Waals surface area (Å²) < 4.78 is 25.8. The molecule has 2 heterocycles. The molecule has 0 radical (unpaired) electrons. The molecule has 2 aromatic carbocycles. The van der Waals surface area contributed by atoms with E-state index in [1.165, 1.54) is 6.33 Å². The predicted molar refractivity (Wildman–Crippen MR) is 117 cm³/mol. The van der Waals surface area contributed by atoms with Crippen molar-refractivity contribution in [1.29, 1.82) is 0 Å². The van der Waals surface area contributed by atoms with Gasteiger partial charge in [0.15, 0.2) is 11.5 Å². The normalized spacial score (nSPS) is 20.5. The summed E-state index contributed by atoms with van der Waals surface area (Å²) in [7, 11) is 0. The van der Waals surface area contributed by atoms with Gasteiger partial charge < -0.3 is 18.9 Å². The van der Waals surface area contributed by atoms with E-state index in [4.69, 9.17) is 42.1 Å². The van der Waals surface area contributed by atoms with E-state index in [0.717, 1.165) is 0 Å². The van der Waals surface area contributed by atoms with Crippen LogP contribution in [0.5, 0.6) is 11.5 Å². The first-order valence-corrected chi connectivity index (χ1v) is 10.4. The Hall–Kier alpha value is -2.58. The van der Waals surface area contributed by atoms with Crippen molar-refractivity contribution in [2.45, 2.75) is 18.4 Å². The van der Waals surface area contributed by atoms with Gasteiger partial charge in [-0.05, 0) is 24.3 Å². The minimum Gasteiger partial charge on any atom is -0.487 e. The Kier molecular flexibility index (Phi) is 6.77. The second-order valence-corrected chi connectivity index (χ2v) is 7.72. The summed E-state index contributed by atoms with van der Waals surface area (Å²) >= 11 is 12.6. The molecule has 0 aliphatic carbocycles. The van der Waals surface area contributed by atoms with E-state index in [1.54, 1.807) is 35.3 Å². The molecule has 3 aromatic rings. The van der Waals surface area contributed by atoms with Crippen LogP contribution in [0.4, 0.5) is 0 Å². The lowest BCUT2D eigenvalue weighted by Crippen LogP contribution is -2.35. The van der Waals surface area contributed by atoms with Gasteiger partial charge in [-0.15, -0.1) is 0 Å². The van der Waals surface area contributed by atoms with Crippen molar-refractivity contribution in [3.63, 3.8) is 0 Å². The fraction of sp³-hybridized carbons (Fsp3) is 0.273. The first-order chi connectivity index (χ1) is 15.1. The molecular weight excluding hydrogens is 441 g/mol. The fourth-order valence-corrected chi connectivity index (χ4v) is 3.85. The summed E-state index contributed by atoms with van der Waals surface area (Å²) in [5.41, 5.74) is 0.659. The zero-order valence-electron chi connectivity index (χ0n) is 16.6. The van der Waals surface area contributed by atoms with Crippen molar-refractivity contribution in [1.82, 2.24) is 14.8 Å². The first kappa shape index (κ1) is 21.6. The highest BCUT2D eigenvalue weighted by Crippen LogP contribution is 2.40. The van der Waals surface area contributed by atoms with Crippen LogP contribution in [0.25, 0.3) is 0 Å². The number of nitrogens with zero attached hydrogens (tertiary/aromatic N) is 3. The molecule has 4 rings (SSSR count). The molecule has 0 spiro atoms. The number of benzene rings is 2. The second-order valence-electron chi connectivity index (χ2n) is 6.88. The lowest BCUT2D eigenvalue weighted by atomic mass is 10.1. The molecule has 0 N–H and O–H groups in total. The van der Waals surface area contributed by atoms with Crippen molar-refractivity contribution >= 4 is 23.2 Å². The SMILES string of the molecule is C=CCOc1ccccc1OC[C@H]1CO[C@](Cn2cncn2)(c2ccc(Cl)cc2Cl)O1. The maximum absolute atomic E-state index is 6.48. The second kappa shape index (κ2) is 9.70. The number of rotatable bonds is 9. The highest BCUT2D eigenvalue weighted by atomic mass is 35.5. The summed E-state index contributed by atoms with van der Waals surface area (Å²) in [6, 6.07) is 12.6. The number of para-hydroxylation sites is 2. The third-order valence-corrected chi connectivity index (χ3v) is 5.22. The quantitative estimate of drug-likeness (QED) is 0.437. The molecule has 7 nitrogen and oxygen atoms in total. The van der Waals surface area contributed by atoms with Gasteiger partial charge in [0.25, 0.3) is 0 Å². The number of aromatic nitrogens is 3. The summed E-state index contributed by atoms with van der Waals surface area (Å²) in [6.07, 6.45) is 4.38. The Bertz CT molecular complexity index is 1030. The number of hydrogen-bond acceptors (Lipinski definition) is 6. The Balaban J connectivity index is 1.52. The highest BCUT2D eigenvalue weighted by Gasteiger charge is 2.45. The van der Waals surface area contributed by atoms with Gasteiger partial charge in [0.1, 0.15) is 38.5 Å². The molecule has 0 unspecified atom stereocenters. The molecule has 9 heteroatoms. The van der Waals surface area contributed by atoms with E-state index in [-0.39, 0.29) is 19.3 Å². The fourth-order valence-electron chi connectivity index (χ4n) is 3.30. The highest BCUT2D eigenvalue weighted by molar-refractivity contribution is 6.35. The summed E-state index contributed by atoms with van der Waals surface area (Å²) in [5.74, 6) is 0.101. The van der Waals surface area contributed by atoms with Crippen LogP contribution in [0, 0.1) is 0 Å². The topological polar surface area (TPSA) is 67.6 Å². The van der Waals surface area contributed by atoms with Crippen LogP contribution in [-0.2, 0) is 21.8 Å². The van der Waals surface area contributed by atoms with Gasteiger partial charge >= 0.3 is 0 Å². The summed E-state index contributed by atoms with van der Waals surface area (Å²) in [6.45, 7) is 4.90. The van der Waals surface area contributed by atoms with E-state index in [9.17, 15) is 0 Å². The summed E-state index contributed by atoms with van der Waals surface area (Å²) in [4.78, 5) is 4.00. The van der Waals surface area contributed by atoms with E-state index < -0.39 is 5.79 Å². The van der Waals surface area contributed by atoms with Crippen molar-refractivity contribution < 1.29 is 18.9 Å². The van der Waals surface area contributed by atoms with Gasteiger partial charge in [-0.25, -0.2) is 9.67 Å².